The van der Waals surface area contributed by atoms with Gasteiger partial charge in [-0.1, -0.05) is 0 Å². The van der Waals surface area contributed by atoms with Crippen LogP contribution in [0.25, 0.3) is 0 Å². The SMILES string of the molecule is Cc1cc(CN(C)CCO)co1. The molecule has 0 radical (unpaired) electrons. The van der Waals surface area contributed by atoms with Gasteiger partial charge in [-0.25, -0.2) is 0 Å². The van der Waals surface area contributed by atoms with Crippen molar-refractivity contribution in [3.05, 3.63) is 23.7 Å². The van der Waals surface area contributed by atoms with E-state index < -0.39 is 0 Å². The van der Waals surface area contributed by atoms with Crippen LogP contribution < -0.4 is 0 Å². The maximum Gasteiger partial charge on any atom is 0.101 e. The van der Waals surface area contributed by atoms with Gasteiger partial charge in [0.1, 0.15) is 5.76 Å². The van der Waals surface area contributed by atoms with Crippen molar-refractivity contribution in [1.29, 1.82) is 0 Å². The van der Waals surface area contributed by atoms with Gasteiger partial charge in [0, 0.05) is 18.7 Å². The van der Waals surface area contributed by atoms with Gasteiger partial charge in [-0.15, -0.1) is 0 Å². The lowest BCUT2D eigenvalue weighted by atomic mass is 10.3. The van der Waals surface area contributed by atoms with E-state index in [9.17, 15) is 0 Å². The molecule has 12 heavy (non-hydrogen) atoms. The van der Waals surface area contributed by atoms with Crippen LogP contribution in [-0.2, 0) is 6.54 Å². The second-order valence-corrected chi connectivity index (χ2v) is 3.03. The highest BCUT2D eigenvalue weighted by Gasteiger charge is 2.01. The van der Waals surface area contributed by atoms with Crippen LogP contribution in [-0.4, -0.2) is 30.2 Å². The number of likely N-dealkylation sites (N-methyl/N-ethyl adjacent to an activating group) is 1. The second kappa shape index (κ2) is 4.28. The zero-order valence-electron chi connectivity index (χ0n) is 7.58. The fraction of sp³-hybridized carbons (Fsp3) is 0.556. The number of hydrogen-bond acceptors (Lipinski definition) is 3. The normalized spacial score (nSPS) is 11.0. The third kappa shape index (κ3) is 2.68. The van der Waals surface area contributed by atoms with Gasteiger partial charge >= 0.3 is 0 Å². The smallest absolute Gasteiger partial charge is 0.101 e. The molecule has 1 heterocycles. The Bertz CT molecular complexity index is 232. The van der Waals surface area contributed by atoms with E-state index in [0.29, 0.717) is 6.54 Å². The Morgan fingerprint density at radius 2 is 2.33 bits per heavy atom. The maximum atomic E-state index is 8.65. The summed E-state index contributed by atoms with van der Waals surface area (Å²) >= 11 is 0. The second-order valence-electron chi connectivity index (χ2n) is 3.03. The highest BCUT2D eigenvalue weighted by molar-refractivity contribution is 5.11. The Labute approximate surface area is 72.6 Å². The molecule has 0 unspecified atom stereocenters. The van der Waals surface area contributed by atoms with Gasteiger partial charge in [-0.2, -0.15) is 0 Å². The first-order chi connectivity index (χ1) is 5.72. The average molecular weight is 169 g/mol. The highest BCUT2D eigenvalue weighted by Crippen LogP contribution is 2.07. The number of hydrogen-bond donors (Lipinski definition) is 1. The van der Waals surface area contributed by atoms with Crippen LogP contribution >= 0.6 is 0 Å². The minimum atomic E-state index is 0.202. The molecule has 0 bridgehead atoms. The Kier molecular flexibility index (Phi) is 3.31. The molecule has 3 heteroatoms. The Balaban J connectivity index is 2.41. The molecule has 1 rings (SSSR count). The van der Waals surface area contributed by atoms with Gasteiger partial charge in [0.25, 0.3) is 0 Å². The molecule has 0 fully saturated rings. The fourth-order valence-corrected chi connectivity index (χ4v) is 1.14. The Morgan fingerprint density at radius 1 is 1.58 bits per heavy atom. The molecule has 0 saturated carbocycles. The number of aliphatic hydroxyl groups excluding tert-OH is 1. The van der Waals surface area contributed by atoms with E-state index in [1.54, 1.807) is 6.26 Å². The van der Waals surface area contributed by atoms with Crippen LogP contribution in [0, 0.1) is 6.92 Å². The maximum absolute atomic E-state index is 8.65. The molecule has 0 aliphatic heterocycles. The third-order valence-electron chi connectivity index (χ3n) is 1.72. The summed E-state index contributed by atoms with van der Waals surface area (Å²) in [6, 6.07) is 2.01. The molecule has 1 aromatic rings. The van der Waals surface area contributed by atoms with Crippen LogP contribution in [0.2, 0.25) is 0 Å². The summed E-state index contributed by atoms with van der Waals surface area (Å²) < 4.78 is 5.15. The average Bonchev–Trinajstić information content (AvgIpc) is 2.36. The van der Waals surface area contributed by atoms with E-state index in [0.717, 1.165) is 17.9 Å². The van der Waals surface area contributed by atoms with Gasteiger partial charge < -0.3 is 9.52 Å². The quantitative estimate of drug-likeness (QED) is 0.731. The van der Waals surface area contributed by atoms with Crippen molar-refractivity contribution in [3.63, 3.8) is 0 Å². The van der Waals surface area contributed by atoms with Gasteiger partial charge in [-0.3, -0.25) is 4.90 Å². The molecule has 0 aliphatic rings. The molecule has 68 valence electrons. The lowest BCUT2D eigenvalue weighted by Gasteiger charge is -2.12. The van der Waals surface area contributed by atoms with Crippen LogP contribution in [0.3, 0.4) is 0 Å². The van der Waals surface area contributed by atoms with E-state index >= 15 is 0 Å². The molecule has 0 atom stereocenters. The largest absolute Gasteiger partial charge is 0.469 e. The number of rotatable bonds is 4. The number of nitrogens with zero attached hydrogens (tertiary/aromatic N) is 1. The van der Waals surface area contributed by atoms with Crippen molar-refractivity contribution in [1.82, 2.24) is 4.90 Å². The minimum Gasteiger partial charge on any atom is -0.469 e. The predicted octanol–water partition coefficient (Wildman–Crippen LogP) is 1.01. The van der Waals surface area contributed by atoms with E-state index in [-0.39, 0.29) is 6.61 Å². The summed E-state index contributed by atoms with van der Waals surface area (Å²) in [4.78, 5) is 2.05. The van der Waals surface area contributed by atoms with E-state index in [1.165, 1.54) is 0 Å². The predicted molar refractivity (Wildman–Crippen MR) is 46.9 cm³/mol. The van der Waals surface area contributed by atoms with Crippen molar-refractivity contribution < 1.29 is 9.52 Å². The number of aliphatic hydroxyl groups is 1. The standard InChI is InChI=1S/C9H15NO2/c1-8-5-9(7-12-8)6-10(2)3-4-11/h5,7,11H,3-4,6H2,1-2H3. The van der Waals surface area contributed by atoms with Crippen LogP contribution in [0.5, 0.6) is 0 Å². The van der Waals surface area contributed by atoms with Gasteiger partial charge in [0.05, 0.1) is 12.9 Å². The first-order valence-corrected chi connectivity index (χ1v) is 4.06. The van der Waals surface area contributed by atoms with Crippen molar-refractivity contribution in [2.75, 3.05) is 20.2 Å². The minimum absolute atomic E-state index is 0.202. The number of furan rings is 1. The lowest BCUT2D eigenvalue weighted by molar-refractivity contribution is 0.217. The van der Waals surface area contributed by atoms with Crippen LogP contribution in [0.1, 0.15) is 11.3 Å². The zero-order valence-corrected chi connectivity index (χ0v) is 7.58. The van der Waals surface area contributed by atoms with E-state index in [4.69, 9.17) is 9.52 Å². The van der Waals surface area contributed by atoms with Crippen molar-refractivity contribution >= 4 is 0 Å². The van der Waals surface area contributed by atoms with E-state index in [2.05, 4.69) is 0 Å². The monoisotopic (exact) mass is 169 g/mol. The molecule has 0 spiro atoms. The Hall–Kier alpha value is -0.800. The molecule has 0 aromatic carbocycles. The molecule has 0 saturated heterocycles. The number of aryl methyl sites for hydroxylation is 1. The van der Waals surface area contributed by atoms with Crippen molar-refractivity contribution in [3.8, 4) is 0 Å². The van der Waals surface area contributed by atoms with E-state index in [1.807, 2.05) is 24.9 Å². The summed E-state index contributed by atoms with van der Waals surface area (Å²) in [7, 11) is 1.97. The molecule has 1 aromatic heterocycles. The molecule has 1 N–H and O–H groups in total. The van der Waals surface area contributed by atoms with Crippen LogP contribution in [0.4, 0.5) is 0 Å². The summed E-state index contributed by atoms with van der Waals surface area (Å²) in [6.45, 7) is 3.66. The third-order valence-corrected chi connectivity index (χ3v) is 1.72. The summed E-state index contributed by atoms with van der Waals surface area (Å²) in [5.74, 6) is 0.933. The topological polar surface area (TPSA) is 36.6 Å². The molecular formula is C9H15NO2. The molecule has 0 amide bonds. The van der Waals surface area contributed by atoms with Crippen molar-refractivity contribution in [2.24, 2.45) is 0 Å². The lowest BCUT2D eigenvalue weighted by Crippen LogP contribution is -2.21. The fourth-order valence-electron chi connectivity index (χ4n) is 1.14. The summed E-state index contributed by atoms with van der Waals surface area (Å²) in [6.07, 6.45) is 1.75. The Morgan fingerprint density at radius 3 is 2.83 bits per heavy atom. The molecule has 3 nitrogen and oxygen atoms in total. The van der Waals surface area contributed by atoms with Gasteiger partial charge in [0.15, 0.2) is 0 Å². The highest BCUT2D eigenvalue weighted by atomic mass is 16.3. The molecular weight excluding hydrogens is 154 g/mol. The zero-order chi connectivity index (χ0) is 8.97. The molecule has 0 aliphatic carbocycles. The van der Waals surface area contributed by atoms with Crippen LogP contribution in [0.15, 0.2) is 16.7 Å². The summed E-state index contributed by atoms with van der Waals surface area (Å²) in [5, 5.41) is 8.65. The summed E-state index contributed by atoms with van der Waals surface area (Å²) in [5.41, 5.74) is 1.16. The van der Waals surface area contributed by atoms with Crippen molar-refractivity contribution in [2.45, 2.75) is 13.5 Å². The van der Waals surface area contributed by atoms with Gasteiger partial charge in [0.2, 0.25) is 0 Å². The first kappa shape index (κ1) is 9.29. The first-order valence-electron chi connectivity index (χ1n) is 4.06. The van der Waals surface area contributed by atoms with Gasteiger partial charge in [-0.05, 0) is 20.0 Å².